The van der Waals surface area contributed by atoms with E-state index >= 15 is 0 Å². The van der Waals surface area contributed by atoms with Gasteiger partial charge in [-0.25, -0.2) is 0 Å². The maximum absolute atomic E-state index is 9.77. The summed E-state index contributed by atoms with van der Waals surface area (Å²) in [5, 5.41) is 13.1. The van der Waals surface area contributed by atoms with E-state index in [1.165, 1.54) is 0 Å². The number of hydrogen-bond donors (Lipinski definition) is 2. The van der Waals surface area contributed by atoms with E-state index in [0.29, 0.717) is 0 Å². The number of hydrogen-bond acceptors (Lipinski definition) is 5. The van der Waals surface area contributed by atoms with Crippen molar-refractivity contribution in [1.82, 2.24) is 9.97 Å². The molecule has 0 aliphatic heterocycles. The van der Waals surface area contributed by atoms with Crippen LogP contribution in [-0.2, 0) is 5.54 Å². The summed E-state index contributed by atoms with van der Waals surface area (Å²) in [6.45, 7) is 3.69. The molecule has 106 valence electrons. The number of rotatable bonds is 5. The molecule has 1 aromatic carbocycles. The van der Waals surface area contributed by atoms with Gasteiger partial charge in [0.15, 0.2) is 0 Å². The Balaban J connectivity index is 2.29. The minimum absolute atomic E-state index is 0.0848. The monoisotopic (exact) mass is 273 g/mol. The molecule has 0 fully saturated rings. The average Bonchev–Trinajstić information content (AvgIpc) is 2.48. The molecular formula is C15H19N3O2. The van der Waals surface area contributed by atoms with Gasteiger partial charge in [-0.3, -0.25) is 9.97 Å². The van der Waals surface area contributed by atoms with Crippen molar-refractivity contribution in [3.8, 4) is 5.75 Å². The van der Waals surface area contributed by atoms with Gasteiger partial charge in [-0.15, -0.1) is 0 Å². The van der Waals surface area contributed by atoms with Gasteiger partial charge in [0.2, 0.25) is 0 Å². The Morgan fingerprint density at radius 3 is 2.40 bits per heavy atom. The molecule has 0 aliphatic carbocycles. The molecule has 0 saturated carbocycles. The van der Waals surface area contributed by atoms with E-state index in [9.17, 15) is 5.11 Å². The van der Waals surface area contributed by atoms with Crippen LogP contribution in [0.1, 0.15) is 18.3 Å². The number of benzene rings is 1. The Morgan fingerprint density at radius 2 is 1.85 bits per heavy atom. The smallest absolute Gasteiger partial charge is 0.119 e. The number of aromatic nitrogens is 2. The fourth-order valence-electron chi connectivity index (χ4n) is 2.12. The molecule has 0 aliphatic rings. The number of aryl methyl sites for hydroxylation is 1. The molecule has 20 heavy (non-hydrogen) atoms. The van der Waals surface area contributed by atoms with Crippen LogP contribution in [0.3, 0.4) is 0 Å². The van der Waals surface area contributed by atoms with Gasteiger partial charge in [-0.05, 0) is 38.1 Å². The highest BCUT2D eigenvalue weighted by atomic mass is 16.5. The van der Waals surface area contributed by atoms with E-state index in [4.69, 9.17) is 4.74 Å². The van der Waals surface area contributed by atoms with E-state index in [-0.39, 0.29) is 6.61 Å². The van der Waals surface area contributed by atoms with Gasteiger partial charge in [0, 0.05) is 18.1 Å². The molecule has 1 unspecified atom stereocenters. The summed E-state index contributed by atoms with van der Waals surface area (Å²) in [6.07, 6.45) is 3.27. The fourth-order valence-corrected chi connectivity index (χ4v) is 2.12. The van der Waals surface area contributed by atoms with Crippen LogP contribution < -0.4 is 10.1 Å². The molecule has 0 bridgehead atoms. The van der Waals surface area contributed by atoms with E-state index < -0.39 is 5.54 Å². The number of methoxy groups -OCH3 is 1. The molecule has 2 aromatic rings. The first kappa shape index (κ1) is 14.3. The highest BCUT2D eigenvalue weighted by Crippen LogP contribution is 2.26. The maximum atomic E-state index is 9.77. The Hall–Kier alpha value is -2.14. The molecule has 5 heteroatoms. The van der Waals surface area contributed by atoms with Crippen LogP contribution in [-0.4, -0.2) is 28.8 Å². The summed E-state index contributed by atoms with van der Waals surface area (Å²) in [4.78, 5) is 8.57. The first-order chi connectivity index (χ1) is 9.59. The van der Waals surface area contributed by atoms with Crippen LogP contribution in [0.15, 0.2) is 36.7 Å². The first-order valence-electron chi connectivity index (χ1n) is 6.40. The first-order valence-corrected chi connectivity index (χ1v) is 6.40. The van der Waals surface area contributed by atoms with Crippen molar-refractivity contribution in [1.29, 1.82) is 0 Å². The van der Waals surface area contributed by atoms with Crippen LogP contribution in [0.25, 0.3) is 0 Å². The summed E-state index contributed by atoms with van der Waals surface area (Å²) < 4.78 is 5.13. The summed E-state index contributed by atoms with van der Waals surface area (Å²) in [7, 11) is 1.63. The second-order valence-electron chi connectivity index (χ2n) is 4.83. The largest absolute Gasteiger partial charge is 0.497 e. The molecule has 0 saturated heterocycles. The topological polar surface area (TPSA) is 67.3 Å². The van der Waals surface area contributed by atoms with Gasteiger partial charge in [0.1, 0.15) is 11.3 Å². The lowest BCUT2D eigenvalue weighted by atomic mass is 9.96. The van der Waals surface area contributed by atoms with E-state index in [1.807, 2.05) is 38.1 Å². The van der Waals surface area contributed by atoms with Crippen molar-refractivity contribution in [2.24, 2.45) is 0 Å². The molecular weight excluding hydrogens is 254 g/mol. The highest BCUT2D eigenvalue weighted by molar-refractivity contribution is 5.49. The number of aliphatic hydroxyl groups excluding tert-OH is 1. The highest BCUT2D eigenvalue weighted by Gasteiger charge is 2.29. The van der Waals surface area contributed by atoms with Crippen LogP contribution in [0.4, 0.5) is 5.69 Å². The molecule has 0 amide bonds. The molecule has 2 N–H and O–H groups in total. The Kier molecular flexibility index (Phi) is 4.20. The lowest BCUT2D eigenvalue weighted by Crippen LogP contribution is -2.37. The minimum Gasteiger partial charge on any atom is -0.497 e. The number of aliphatic hydroxyl groups is 1. The van der Waals surface area contributed by atoms with Crippen molar-refractivity contribution in [3.05, 3.63) is 48.0 Å². The standard InChI is InChI=1S/C15H19N3O2/c1-11-14(17-9-8-16-11)15(2,10-19)18-12-4-6-13(20-3)7-5-12/h4-9,18-19H,10H2,1-3H3. The predicted molar refractivity (Wildman–Crippen MR) is 77.8 cm³/mol. The van der Waals surface area contributed by atoms with Crippen molar-refractivity contribution in [2.75, 3.05) is 19.0 Å². The van der Waals surface area contributed by atoms with E-state index in [1.54, 1.807) is 19.5 Å². The molecule has 2 rings (SSSR count). The molecule has 0 radical (unpaired) electrons. The molecule has 1 aromatic heterocycles. The second kappa shape index (κ2) is 5.88. The van der Waals surface area contributed by atoms with Gasteiger partial charge in [0.25, 0.3) is 0 Å². The fraction of sp³-hybridized carbons (Fsp3) is 0.333. The Bertz CT molecular complexity index is 572. The zero-order chi connectivity index (χ0) is 14.6. The third-order valence-electron chi connectivity index (χ3n) is 3.23. The SMILES string of the molecule is COc1ccc(NC(C)(CO)c2nccnc2C)cc1. The maximum Gasteiger partial charge on any atom is 0.119 e. The zero-order valence-electron chi connectivity index (χ0n) is 11.9. The lowest BCUT2D eigenvalue weighted by molar-refractivity contribution is 0.220. The van der Waals surface area contributed by atoms with Gasteiger partial charge in [-0.2, -0.15) is 0 Å². The minimum atomic E-state index is -0.688. The zero-order valence-corrected chi connectivity index (χ0v) is 11.9. The number of anilines is 1. The number of nitrogens with one attached hydrogen (secondary N) is 1. The lowest BCUT2D eigenvalue weighted by Gasteiger charge is -2.30. The van der Waals surface area contributed by atoms with Gasteiger partial charge < -0.3 is 15.2 Å². The Morgan fingerprint density at radius 1 is 1.20 bits per heavy atom. The van der Waals surface area contributed by atoms with Crippen molar-refractivity contribution < 1.29 is 9.84 Å². The van der Waals surface area contributed by atoms with E-state index in [2.05, 4.69) is 15.3 Å². The molecule has 5 nitrogen and oxygen atoms in total. The number of nitrogens with zero attached hydrogens (tertiary/aromatic N) is 2. The molecule has 1 heterocycles. The predicted octanol–water partition coefficient (Wildman–Crippen LogP) is 2.11. The average molecular weight is 273 g/mol. The summed E-state index contributed by atoms with van der Waals surface area (Å²) in [5.74, 6) is 0.789. The van der Waals surface area contributed by atoms with Crippen LogP contribution in [0.2, 0.25) is 0 Å². The van der Waals surface area contributed by atoms with Crippen molar-refractivity contribution in [3.63, 3.8) is 0 Å². The second-order valence-corrected chi connectivity index (χ2v) is 4.83. The van der Waals surface area contributed by atoms with Crippen LogP contribution in [0.5, 0.6) is 5.75 Å². The summed E-state index contributed by atoms with van der Waals surface area (Å²) in [6, 6.07) is 7.53. The normalized spacial score (nSPS) is 13.6. The quantitative estimate of drug-likeness (QED) is 0.873. The third kappa shape index (κ3) is 2.88. The van der Waals surface area contributed by atoms with Crippen molar-refractivity contribution in [2.45, 2.75) is 19.4 Å². The van der Waals surface area contributed by atoms with Gasteiger partial charge >= 0.3 is 0 Å². The summed E-state index contributed by atoms with van der Waals surface area (Å²) >= 11 is 0. The summed E-state index contributed by atoms with van der Waals surface area (Å²) in [5.41, 5.74) is 1.73. The molecule has 0 spiro atoms. The van der Waals surface area contributed by atoms with E-state index in [0.717, 1.165) is 22.8 Å². The van der Waals surface area contributed by atoms with Gasteiger partial charge in [-0.1, -0.05) is 0 Å². The van der Waals surface area contributed by atoms with Crippen molar-refractivity contribution >= 4 is 5.69 Å². The Labute approximate surface area is 118 Å². The van der Waals surface area contributed by atoms with Gasteiger partial charge in [0.05, 0.1) is 25.1 Å². The van der Waals surface area contributed by atoms with Crippen LogP contribution >= 0.6 is 0 Å². The third-order valence-corrected chi connectivity index (χ3v) is 3.23. The molecule has 1 atom stereocenters. The van der Waals surface area contributed by atoms with Crippen LogP contribution in [0, 0.1) is 6.92 Å². The number of ether oxygens (including phenoxy) is 1.